The van der Waals surface area contributed by atoms with Crippen LogP contribution in [0, 0.1) is 13.8 Å². The summed E-state index contributed by atoms with van der Waals surface area (Å²) in [5.74, 6) is 0.760. The number of ether oxygens (including phenoxy) is 1. The minimum absolute atomic E-state index is 0.0666. The van der Waals surface area contributed by atoms with Crippen molar-refractivity contribution in [1.82, 2.24) is 4.90 Å². The van der Waals surface area contributed by atoms with E-state index in [0.29, 0.717) is 13.0 Å². The number of amidine groups is 1. The number of carbonyl (C=O) groups excluding carboxylic acids is 1. The molecule has 0 aliphatic carbocycles. The van der Waals surface area contributed by atoms with Crippen LogP contribution in [0.25, 0.3) is 0 Å². The Morgan fingerprint density at radius 2 is 1.60 bits per heavy atom. The number of benzene rings is 3. The molecule has 0 radical (unpaired) electrons. The lowest BCUT2D eigenvalue weighted by atomic mass is 9.85. The van der Waals surface area contributed by atoms with Crippen molar-refractivity contribution in [2.45, 2.75) is 50.8 Å². The average molecular weight is 466 g/mol. The molecule has 6 rings (SSSR count). The molecule has 0 N–H and O–H groups in total. The van der Waals surface area contributed by atoms with Gasteiger partial charge in [0.25, 0.3) is 0 Å². The van der Waals surface area contributed by atoms with E-state index in [1.807, 2.05) is 35.2 Å². The van der Waals surface area contributed by atoms with Gasteiger partial charge in [-0.1, -0.05) is 65.7 Å². The summed E-state index contributed by atoms with van der Waals surface area (Å²) in [5.41, 5.74) is 4.20. The maximum Gasteiger partial charge on any atom is 0.230 e. The van der Waals surface area contributed by atoms with E-state index in [2.05, 4.69) is 67.3 Å². The first-order valence-corrected chi connectivity index (χ1v) is 12.6. The number of aryl methyl sites for hydroxylation is 2. The van der Waals surface area contributed by atoms with Gasteiger partial charge >= 0.3 is 0 Å². The molecule has 3 aliphatic rings. The number of rotatable bonds is 3. The second-order valence-corrected chi connectivity index (χ2v) is 10.00. The second kappa shape index (κ2) is 8.65. The Bertz CT molecular complexity index is 1250. The number of anilines is 1. The number of carbonyl (C=O) groups is 1. The van der Waals surface area contributed by atoms with E-state index in [4.69, 9.17) is 9.73 Å². The maximum absolute atomic E-state index is 13.8. The van der Waals surface area contributed by atoms with Crippen molar-refractivity contribution in [3.05, 3.63) is 95.6 Å². The zero-order valence-electron chi connectivity index (χ0n) is 20.4. The fourth-order valence-corrected chi connectivity index (χ4v) is 5.89. The number of fused-ring (bicyclic) bond motifs is 1. The van der Waals surface area contributed by atoms with Gasteiger partial charge in [0.15, 0.2) is 5.84 Å². The fraction of sp³-hybridized carbons (Fsp3) is 0.333. The average Bonchev–Trinajstić information content (AvgIpc) is 3.47. The summed E-state index contributed by atoms with van der Waals surface area (Å²) in [6.07, 6.45) is 2.56. The predicted octanol–water partition coefficient (Wildman–Crippen LogP) is 5.75. The highest BCUT2D eigenvalue weighted by atomic mass is 16.5. The van der Waals surface area contributed by atoms with Crippen LogP contribution < -0.4 is 4.90 Å². The van der Waals surface area contributed by atoms with E-state index in [9.17, 15) is 4.79 Å². The Morgan fingerprint density at radius 1 is 0.914 bits per heavy atom. The van der Waals surface area contributed by atoms with Crippen LogP contribution in [0.15, 0.2) is 83.9 Å². The zero-order valence-corrected chi connectivity index (χ0v) is 20.4. The summed E-state index contributed by atoms with van der Waals surface area (Å²) in [6.45, 7) is 5.66. The fourth-order valence-electron chi connectivity index (χ4n) is 5.89. The number of morpholine rings is 1. The minimum atomic E-state index is -1.00. The summed E-state index contributed by atoms with van der Waals surface area (Å²) in [5, 5.41) is 0. The molecule has 178 valence electrons. The van der Waals surface area contributed by atoms with Crippen molar-refractivity contribution in [3.63, 3.8) is 0 Å². The van der Waals surface area contributed by atoms with Gasteiger partial charge in [-0.25, -0.2) is 4.99 Å². The summed E-state index contributed by atoms with van der Waals surface area (Å²) in [7, 11) is 0. The lowest BCUT2D eigenvalue weighted by molar-refractivity contribution is -0.119. The molecule has 3 aliphatic heterocycles. The Balaban J connectivity index is 1.59. The molecule has 0 aromatic heterocycles. The van der Waals surface area contributed by atoms with Crippen LogP contribution >= 0.6 is 0 Å². The predicted molar refractivity (Wildman–Crippen MR) is 139 cm³/mol. The molecule has 2 unspecified atom stereocenters. The van der Waals surface area contributed by atoms with Gasteiger partial charge in [-0.3, -0.25) is 9.69 Å². The van der Waals surface area contributed by atoms with Gasteiger partial charge in [0, 0.05) is 24.6 Å². The van der Waals surface area contributed by atoms with Crippen LogP contribution in [-0.4, -0.2) is 41.6 Å². The van der Waals surface area contributed by atoms with Gasteiger partial charge in [-0.2, -0.15) is 0 Å². The molecule has 3 aromatic rings. The normalized spacial score (nSPS) is 27.1. The third kappa shape index (κ3) is 3.66. The van der Waals surface area contributed by atoms with Gasteiger partial charge in [0.05, 0.1) is 18.3 Å². The van der Waals surface area contributed by atoms with Crippen LogP contribution in [0.4, 0.5) is 11.4 Å². The topological polar surface area (TPSA) is 45.1 Å². The van der Waals surface area contributed by atoms with Crippen molar-refractivity contribution in [2.24, 2.45) is 4.99 Å². The number of aliphatic imine (C=N–C) groups is 1. The minimum Gasteiger partial charge on any atom is -0.351 e. The highest BCUT2D eigenvalue weighted by molar-refractivity contribution is 6.10. The number of hydrogen-bond donors (Lipinski definition) is 0. The molecule has 1 spiro atoms. The molecule has 3 atom stereocenters. The molecule has 0 bridgehead atoms. The van der Waals surface area contributed by atoms with E-state index in [0.717, 1.165) is 47.7 Å². The van der Waals surface area contributed by atoms with Gasteiger partial charge in [-0.15, -0.1) is 0 Å². The van der Waals surface area contributed by atoms with Crippen molar-refractivity contribution < 1.29 is 9.53 Å². The smallest absolute Gasteiger partial charge is 0.230 e. The van der Waals surface area contributed by atoms with Crippen LogP contribution in [0.3, 0.4) is 0 Å². The summed E-state index contributed by atoms with van der Waals surface area (Å²) >= 11 is 0. The van der Waals surface area contributed by atoms with Gasteiger partial charge in [-0.05, 0) is 56.5 Å². The highest BCUT2D eigenvalue weighted by Gasteiger charge is 2.63. The van der Waals surface area contributed by atoms with Crippen molar-refractivity contribution in [2.75, 3.05) is 18.1 Å². The summed E-state index contributed by atoms with van der Waals surface area (Å²) in [6, 6.07) is 27.1. The third-order valence-corrected chi connectivity index (χ3v) is 7.66. The van der Waals surface area contributed by atoms with E-state index in [1.54, 1.807) is 0 Å². The molecule has 35 heavy (non-hydrogen) atoms. The number of nitrogens with zero attached hydrogens (tertiary/aromatic N) is 3. The van der Waals surface area contributed by atoms with E-state index in [1.165, 1.54) is 5.56 Å². The van der Waals surface area contributed by atoms with Crippen molar-refractivity contribution in [1.29, 1.82) is 0 Å². The van der Waals surface area contributed by atoms with E-state index < -0.39 is 5.72 Å². The molecule has 3 fully saturated rings. The van der Waals surface area contributed by atoms with Crippen molar-refractivity contribution in [3.8, 4) is 0 Å². The molecule has 3 heterocycles. The Hall–Kier alpha value is -3.44. The third-order valence-electron chi connectivity index (χ3n) is 7.66. The standard InChI is InChI=1S/C30H31N3O2/c1-21-10-14-24(15-11-21)31-29-30(35-20-26-9-6-18-32(26)29)27(23-7-4-3-5-8-23)19-28(34)33(30)25-16-12-22(2)13-17-25/h3-5,7-8,10-17,26-27H,6,9,18-20H2,1-2H3/t26-,27?,30?/m0/s1. The number of hydrogen-bond acceptors (Lipinski definition) is 3. The number of amides is 1. The first-order chi connectivity index (χ1) is 17.1. The largest absolute Gasteiger partial charge is 0.351 e. The molecular weight excluding hydrogens is 434 g/mol. The van der Waals surface area contributed by atoms with Crippen LogP contribution in [0.2, 0.25) is 0 Å². The molecule has 0 saturated carbocycles. The SMILES string of the molecule is Cc1ccc(N=C2N3CCC[C@H]3COC23C(c2ccccc2)CC(=O)N3c2ccc(C)cc2)cc1. The van der Waals surface area contributed by atoms with Gasteiger partial charge < -0.3 is 9.64 Å². The molecule has 1 amide bonds. The van der Waals surface area contributed by atoms with Gasteiger partial charge in [0.2, 0.25) is 11.6 Å². The molecule has 3 saturated heterocycles. The second-order valence-electron chi connectivity index (χ2n) is 10.00. The van der Waals surface area contributed by atoms with E-state index in [-0.39, 0.29) is 17.9 Å². The summed E-state index contributed by atoms with van der Waals surface area (Å²) in [4.78, 5) is 23.4. The maximum atomic E-state index is 13.8. The van der Waals surface area contributed by atoms with Gasteiger partial charge in [0.1, 0.15) is 0 Å². The summed E-state index contributed by atoms with van der Waals surface area (Å²) < 4.78 is 6.92. The monoisotopic (exact) mass is 465 g/mol. The first-order valence-electron chi connectivity index (χ1n) is 12.6. The first kappa shape index (κ1) is 22.1. The lowest BCUT2D eigenvalue weighted by Crippen LogP contribution is -2.67. The Morgan fingerprint density at radius 3 is 2.31 bits per heavy atom. The quantitative estimate of drug-likeness (QED) is 0.495. The highest BCUT2D eigenvalue weighted by Crippen LogP contribution is 2.50. The van der Waals surface area contributed by atoms with Crippen LogP contribution in [-0.2, 0) is 9.53 Å². The molecule has 3 aromatic carbocycles. The van der Waals surface area contributed by atoms with Crippen LogP contribution in [0.1, 0.15) is 41.9 Å². The zero-order chi connectivity index (χ0) is 24.0. The van der Waals surface area contributed by atoms with Crippen molar-refractivity contribution >= 4 is 23.1 Å². The molecular formula is C30H31N3O2. The Labute approximate surface area is 207 Å². The lowest BCUT2D eigenvalue weighted by Gasteiger charge is -2.50. The van der Waals surface area contributed by atoms with E-state index >= 15 is 0 Å². The van der Waals surface area contributed by atoms with Crippen LogP contribution in [0.5, 0.6) is 0 Å². The molecule has 5 heteroatoms. The Kier molecular flexibility index (Phi) is 5.45. The molecule has 5 nitrogen and oxygen atoms in total.